The van der Waals surface area contributed by atoms with Gasteiger partial charge in [0.2, 0.25) is 5.91 Å². The number of hydrogen-bond donors (Lipinski definition) is 1. The number of carbonyl (C=O) groups excluding carboxylic acids is 2. The van der Waals surface area contributed by atoms with Crippen molar-refractivity contribution in [3.05, 3.63) is 101 Å². The summed E-state index contributed by atoms with van der Waals surface area (Å²) in [7, 11) is 3.21. The lowest BCUT2D eigenvalue weighted by Crippen LogP contribution is -2.47. The molecule has 1 unspecified atom stereocenters. The van der Waals surface area contributed by atoms with Crippen LogP contribution in [0.2, 0.25) is 0 Å². The first-order valence-corrected chi connectivity index (χ1v) is 15.7. The van der Waals surface area contributed by atoms with Crippen molar-refractivity contribution in [3.8, 4) is 17.2 Å². The number of ether oxygens (including phenoxy) is 2. The molecule has 9 heteroatoms. The van der Waals surface area contributed by atoms with Gasteiger partial charge in [0.25, 0.3) is 5.91 Å². The smallest absolute Gasteiger partial charge is 0.269 e. The highest BCUT2D eigenvalue weighted by Crippen LogP contribution is 2.36. The minimum Gasteiger partial charge on any atom is -0.497 e. The van der Waals surface area contributed by atoms with Gasteiger partial charge in [-0.05, 0) is 79.9 Å². The standard InChI is InChI=1S/C35H36N4O4S/c1-23-30-22-31(44-35(30)39(37-23)27-12-8-5-9-13-27)34(41)38(26-16-20-29(43-3)21-17-26)32(24-14-18-28(42-2)19-15-24)33(40)36-25-10-6-4-7-11-25/h5,8-9,12-22,25,32H,4,6-7,10-11H2,1-3H3,(H,36,40). The average molecular weight is 609 g/mol. The Morgan fingerprint density at radius 2 is 1.55 bits per heavy atom. The van der Waals surface area contributed by atoms with E-state index in [1.807, 2.05) is 96.5 Å². The van der Waals surface area contributed by atoms with Gasteiger partial charge < -0.3 is 14.8 Å². The summed E-state index contributed by atoms with van der Waals surface area (Å²) in [4.78, 5) is 32.0. The Hall–Kier alpha value is -4.63. The molecule has 226 valence electrons. The van der Waals surface area contributed by atoms with Gasteiger partial charge in [-0.25, -0.2) is 4.68 Å². The van der Waals surface area contributed by atoms with Crippen LogP contribution >= 0.6 is 11.3 Å². The van der Waals surface area contributed by atoms with Crippen LogP contribution in [0, 0.1) is 6.92 Å². The SMILES string of the molecule is COc1ccc(C(C(=O)NC2CCCCC2)N(C(=O)c2cc3c(C)nn(-c4ccccc4)c3s2)c2ccc(OC)cc2)cc1. The molecule has 6 rings (SSSR count). The lowest BCUT2D eigenvalue weighted by atomic mass is 9.94. The molecule has 1 fully saturated rings. The number of anilines is 1. The van der Waals surface area contributed by atoms with E-state index in [1.165, 1.54) is 17.8 Å². The Kier molecular flexibility index (Phi) is 8.65. The summed E-state index contributed by atoms with van der Waals surface area (Å²) in [6.07, 6.45) is 5.21. The highest BCUT2D eigenvalue weighted by molar-refractivity contribution is 7.20. The molecule has 1 aliphatic carbocycles. The Bertz CT molecular complexity index is 1740. The second kappa shape index (κ2) is 12.9. The van der Waals surface area contributed by atoms with E-state index in [9.17, 15) is 9.59 Å². The number of fused-ring (bicyclic) bond motifs is 1. The topological polar surface area (TPSA) is 85.7 Å². The van der Waals surface area contributed by atoms with E-state index in [1.54, 1.807) is 19.1 Å². The van der Waals surface area contributed by atoms with Gasteiger partial charge in [-0.2, -0.15) is 5.10 Å². The van der Waals surface area contributed by atoms with Crippen molar-refractivity contribution in [3.63, 3.8) is 0 Å². The third kappa shape index (κ3) is 5.92. The summed E-state index contributed by atoms with van der Waals surface area (Å²) in [6.45, 7) is 1.95. The third-order valence-corrected chi connectivity index (χ3v) is 9.31. The number of hydrogen-bond acceptors (Lipinski definition) is 6. The molecule has 0 spiro atoms. The summed E-state index contributed by atoms with van der Waals surface area (Å²) in [5.74, 6) is 0.858. The predicted octanol–water partition coefficient (Wildman–Crippen LogP) is 7.25. The minimum absolute atomic E-state index is 0.0775. The third-order valence-electron chi connectivity index (χ3n) is 8.22. The number of methoxy groups -OCH3 is 2. The first-order chi connectivity index (χ1) is 21.5. The van der Waals surface area contributed by atoms with Gasteiger partial charge in [-0.1, -0.05) is 49.6 Å². The number of nitrogens with zero attached hydrogens (tertiary/aromatic N) is 3. The number of aryl methyl sites for hydroxylation is 1. The zero-order valence-electron chi connectivity index (χ0n) is 25.2. The highest BCUT2D eigenvalue weighted by Gasteiger charge is 2.36. The maximum Gasteiger partial charge on any atom is 0.269 e. The maximum absolute atomic E-state index is 14.7. The lowest BCUT2D eigenvalue weighted by Gasteiger charge is -2.33. The van der Waals surface area contributed by atoms with Crippen molar-refractivity contribution in [2.24, 2.45) is 0 Å². The Balaban J connectivity index is 1.47. The van der Waals surface area contributed by atoms with Crippen molar-refractivity contribution >= 4 is 39.1 Å². The molecule has 2 aromatic heterocycles. The summed E-state index contributed by atoms with van der Waals surface area (Å²) in [6, 6.07) is 25.6. The summed E-state index contributed by atoms with van der Waals surface area (Å²) < 4.78 is 12.7. The summed E-state index contributed by atoms with van der Waals surface area (Å²) in [5, 5.41) is 8.94. The van der Waals surface area contributed by atoms with Crippen molar-refractivity contribution in [1.82, 2.24) is 15.1 Å². The van der Waals surface area contributed by atoms with E-state index >= 15 is 0 Å². The van der Waals surface area contributed by atoms with E-state index < -0.39 is 6.04 Å². The first kappa shape index (κ1) is 29.4. The molecule has 44 heavy (non-hydrogen) atoms. The zero-order valence-corrected chi connectivity index (χ0v) is 26.0. The normalized spacial score (nSPS) is 14.2. The van der Waals surface area contributed by atoms with Crippen LogP contribution in [0.4, 0.5) is 5.69 Å². The molecule has 1 aliphatic rings. The number of carbonyl (C=O) groups is 2. The van der Waals surface area contributed by atoms with Crippen LogP contribution in [0.15, 0.2) is 84.9 Å². The molecule has 3 aromatic carbocycles. The first-order valence-electron chi connectivity index (χ1n) is 14.9. The van der Waals surface area contributed by atoms with Gasteiger partial charge in [0.15, 0.2) is 0 Å². The maximum atomic E-state index is 14.7. The van der Waals surface area contributed by atoms with Crippen molar-refractivity contribution in [1.29, 1.82) is 0 Å². The monoisotopic (exact) mass is 608 g/mol. The van der Waals surface area contributed by atoms with Gasteiger partial charge in [-0.15, -0.1) is 11.3 Å². The number of amides is 2. The van der Waals surface area contributed by atoms with Crippen LogP contribution in [0.3, 0.4) is 0 Å². The largest absolute Gasteiger partial charge is 0.497 e. The molecule has 0 aliphatic heterocycles. The van der Waals surface area contributed by atoms with Crippen LogP contribution in [0.25, 0.3) is 15.9 Å². The Morgan fingerprint density at radius 1 is 0.909 bits per heavy atom. The molecule has 0 radical (unpaired) electrons. The van der Waals surface area contributed by atoms with Gasteiger partial charge in [0, 0.05) is 17.1 Å². The number of thiophene rings is 1. The molecule has 1 N–H and O–H groups in total. The summed E-state index contributed by atoms with van der Waals surface area (Å²) >= 11 is 1.38. The van der Waals surface area contributed by atoms with Crippen molar-refractivity contribution < 1.29 is 19.1 Å². The van der Waals surface area contributed by atoms with Gasteiger partial charge in [0.1, 0.15) is 22.4 Å². The average Bonchev–Trinajstić information content (AvgIpc) is 3.64. The second-order valence-corrected chi connectivity index (χ2v) is 12.1. The summed E-state index contributed by atoms with van der Waals surface area (Å²) in [5.41, 5.74) is 3.03. The number of aromatic nitrogens is 2. The number of rotatable bonds is 9. The molecule has 1 atom stereocenters. The molecule has 1 saturated carbocycles. The van der Waals surface area contributed by atoms with Crippen LogP contribution in [-0.2, 0) is 4.79 Å². The molecular weight excluding hydrogens is 572 g/mol. The molecule has 0 saturated heterocycles. The van der Waals surface area contributed by atoms with E-state index in [4.69, 9.17) is 14.6 Å². The molecule has 0 bridgehead atoms. The number of para-hydroxylation sites is 1. The molecule has 5 aromatic rings. The minimum atomic E-state index is -0.916. The van der Waals surface area contributed by atoms with Crippen molar-refractivity contribution in [2.75, 3.05) is 19.1 Å². The molecule has 2 heterocycles. The Labute approximate surface area is 261 Å². The van der Waals surface area contributed by atoms with Crippen LogP contribution < -0.4 is 19.7 Å². The fourth-order valence-electron chi connectivity index (χ4n) is 5.87. The van der Waals surface area contributed by atoms with Gasteiger partial charge >= 0.3 is 0 Å². The van der Waals surface area contributed by atoms with Crippen LogP contribution in [0.1, 0.15) is 59.1 Å². The van der Waals surface area contributed by atoms with E-state index in [0.717, 1.165) is 47.3 Å². The van der Waals surface area contributed by atoms with E-state index in [0.29, 0.717) is 27.6 Å². The fourth-order valence-corrected chi connectivity index (χ4v) is 6.99. The Morgan fingerprint density at radius 3 is 2.18 bits per heavy atom. The molecular formula is C35H36N4O4S. The number of benzene rings is 3. The lowest BCUT2D eigenvalue weighted by molar-refractivity contribution is -0.123. The highest BCUT2D eigenvalue weighted by atomic mass is 32.1. The zero-order chi connectivity index (χ0) is 30.6. The molecule has 8 nitrogen and oxygen atoms in total. The molecule has 2 amide bonds. The predicted molar refractivity (Wildman–Crippen MR) is 174 cm³/mol. The fraction of sp³-hybridized carbons (Fsp3) is 0.286. The second-order valence-electron chi connectivity index (χ2n) is 11.1. The van der Waals surface area contributed by atoms with Gasteiger partial charge in [-0.3, -0.25) is 14.5 Å². The number of nitrogens with one attached hydrogen (secondary N) is 1. The van der Waals surface area contributed by atoms with Crippen LogP contribution in [-0.4, -0.2) is 41.9 Å². The quantitative estimate of drug-likeness (QED) is 0.191. The van der Waals surface area contributed by atoms with E-state index in [-0.39, 0.29) is 17.9 Å². The van der Waals surface area contributed by atoms with Gasteiger partial charge in [0.05, 0.1) is 30.5 Å². The van der Waals surface area contributed by atoms with E-state index in [2.05, 4.69) is 5.32 Å². The van der Waals surface area contributed by atoms with Crippen molar-refractivity contribution in [2.45, 2.75) is 51.1 Å². The van der Waals surface area contributed by atoms with Crippen LogP contribution in [0.5, 0.6) is 11.5 Å².